The Balaban J connectivity index is 1.93. The molecule has 114 valence electrons. The molecular weight excluding hydrogens is 272 g/mol. The van der Waals surface area contributed by atoms with Crippen molar-refractivity contribution in [3.8, 4) is 0 Å². The first kappa shape index (κ1) is 15.9. The van der Waals surface area contributed by atoms with Gasteiger partial charge in [-0.15, -0.1) is 11.3 Å². The summed E-state index contributed by atoms with van der Waals surface area (Å²) in [6, 6.07) is 0. The molecule has 1 aromatic heterocycles. The van der Waals surface area contributed by atoms with Crippen LogP contribution in [0.3, 0.4) is 0 Å². The number of rotatable bonds is 7. The third-order valence-corrected chi connectivity index (χ3v) is 4.95. The molecule has 1 saturated carbocycles. The quantitative estimate of drug-likeness (QED) is 0.812. The first-order valence-corrected chi connectivity index (χ1v) is 8.37. The van der Waals surface area contributed by atoms with Gasteiger partial charge in [0.25, 0.3) is 0 Å². The van der Waals surface area contributed by atoms with E-state index in [9.17, 15) is 5.11 Å². The van der Waals surface area contributed by atoms with Crippen LogP contribution in [0.2, 0.25) is 0 Å². The van der Waals surface area contributed by atoms with Crippen LogP contribution in [0.4, 0.5) is 0 Å². The SMILES string of the molecule is Cc1csc(C2(NC[C@@H](O)COC(C)C)CCCC2)n1. The summed E-state index contributed by atoms with van der Waals surface area (Å²) in [6.07, 6.45) is 4.37. The van der Waals surface area contributed by atoms with E-state index in [2.05, 4.69) is 15.7 Å². The Morgan fingerprint density at radius 3 is 2.70 bits per heavy atom. The van der Waals surface area contributed by atoms with Crippen molar-refractivity contribution < 1.29 is 9.84 Å². The fourth-order valence-electron chi connectivity index (χ4n) is 2.69. The number of nitrogens with one attached hydrogen (secondary N) is 1. The lowest BCUT2D eigenvalue weighted by Gasteiger charge is -2.29. The highest BCUT2D eigenvalue weighted by molar-refractivity contribution is 7.09. The highest BCUT2D eigenvalue weighted by Gasteiger charge is 2.38. The second-order valence-corrected chi connectivity index (χ2v) is 6.86. The summed E-state index contributed by atoms with van der Waals surface area (Å²) < 4.78 is 5.46. The number of aryl methyl sites for hydroxylation is 1. The smallest absolute Gasteiger partial charge is 0.113 e. The van der Waals surface area contributed by atoms with Gasteiger partial charge in [0.1, 0.15) is 5.01 Å². The molecule has 1 aromatic rings. The highest BCUT2D eigenvalue weighted by Crippen LogP contribution is 2.40. The van der Waals surface area contributed by atoms with Gasteiger partial charge in [-0.3, -0.25) is 0 Å². The molecule has 4 nitrogen and oxygen atoms in total. The molecular formula is C15H26N2O2S. The zero-order valence-electron chi connectivity index (χ0n) is 12.7. The maximum Gasteiger partial charge on any atom is 0.113 e. The molecule has 1 atom stereocenters. The number of aliphatic hydroxyl groups excluding tert-OH is 1. The molecule has 0 radical (unpaired) electrons. The number of nitrogens with zero attached hydrogens (tertiary/aromatic N) is 1. The van der Waals surface area contributed by atoms with Crippen molar-refractivity contribution in [3.05, 3.63) is 16.1 Å². The molecule has 0 amide bonds. The van der Waals surface area contributed by atoms with Gasteiger partial charge in [-0.1, -0.05) is 12.8 Å². The summed E-state index contributed by atoms with van der Waals surface area (Å²) in [6.45, 7) is 6.95. The molecule has 0 spiro atoms. The van der Waals surface area contributed by atoms with E-state index >= 15 is 0 Å². The summed E-state index contributed by atoms with van der Waals surface area (Å²) in [5.74, 6) is 0. The fraction of sp³-hybridized carbons (Fsp3) is 0.800. The topological polar surface area (TPSA) is 54.4 Å². The van der Waals surface area contributed by atoms with Gasteiger partial charge in [-0.05, 0) is 33.6 Å². The first-order chi connectivity index (χ1) is 9.52. The summed E-state index contributed by atoms with van der Waals surface area (Å²) in [5, 5.41) is 16.9. The maximum absolute atomic E-state index is 10.0. The normalized spacial score (nSPS) is 19.6. The number of aromatic nitrogens is 1. The van der Waals surface area contributed by atoms with Crippen molar-refractivity contribution in [2.75, 3.05) is 13.2 Å². The second kappa shape index (κ2) is 6.98. The van der Waals surface area contributed by atoms with Gasteiger partial charge < -0.3 is 15.2 Å². The largest absolute Gasteiger partial charge is 0.389 e. The third kappa shape index (κ3) is 4.01. The maximum atomic E-state index is 10.0. The minimum absolute atomic E-state index is 0.0300. The summed E-state index contributed by atoms with van der Waals surface area (Å²) in [5.41, 5.74) is 1.05. The van der Waals surface area contributed by atoms with Gasteiger partial charge in [0.2, 0.25) is 0 Å². The van der Waals surface area contributed by atoms with E-state index in [0.717, 1.165) is 18.5 Å². The van der Waals surface area contributed by atoms with Crippen molar-refractivity contribution in [3.63, 3.8) is 0 Å². The lowest BCUT2D eigenvalue weighted by atomic mass is 9.98. The first-order valence-electron chi connectivity index (χ1n) is 7.49. The van der Waals surface area contributed by atoms with Gasteiger partial charge in [-0.25, -0.2) is 4.98 Å². The lowest BCUT2D eigenvalue weighted by Crippen LogP contribution is -2.44. The molecule has 0 saturated heterocycles. The van der Waals surface area contributed by atoms with Gasteiger partial charge in [-0.2, -0.15) is 0 Å². The zero-order valence-corrected chi connectivity index (χ0v) is 13.5. The fourth-order valence-corrected chi connectivity index (χ4v) is 3.73. The Morgan fingerprint density at radius 1 is 1.45 bits per heavy atom. The predicted octanol–water partition coefficient (Wildman–Crippen LogP) is 2.60. The van der Waals surface area contributed by atoms with E-state index in [1.807, 2.05) is 20.8 Å². The second-order valence-electron chi connectivity index (χ2n) is 6.00. The minimum Gasteiger partial charge on any atom is -0.389 e. The number of thiazole rings is 1. The van der Waals surface area contributed by atoms with E-state index in [-0.39, 0.29) is 11.6 Å². The standard InChI is InChI=1S/C15H26N2O2S/c1-11(2)19-9-13(18)8-16-15(6-4-5-7-15)14-17-12(3)10-20-14/h10-11,13,16,18H,4-9H2,1-3H3/t13-/m1/s1. The number of ether oxygens (including phenoxy) is 1. The van der Waals surface area contributed by atoms with Crippen LogP contribution in [-0.2, 0) is 10.3 Å². The summed E-state index contributed by atoms with van der Waals surface area (Å²) >= 11 is 1.73. The van der Waals surface area contributed by atoms with Gasteiger partial charge >= 0.3 is 0 Å². The summed E-state index contributed by atoms with van der Waals surface area (Å²) in [7, 11) is 0. The average molecular weight is 298 g/mol. The predicted molar refractivity (Wildman–Crippen MR) is 82.1 cm³/mol. The monoisotopic (exact) mass is 298 g/mol. The highest BCUT2D eigenvalue weighted by atomic mass is 32.1. The molecule has 2 rings (SSSR count). The molecule has 0 unspecified atom stereocenters. The van der Waals surface area contributed by atoms with E-state index in [1.165, 1.54) is 17.8 Å². The van der Waals surface area contributed by atoms with Gasteiger partial charge in [0, 0.05) is 17.6 Å². The molecule has 0 bridgehead atoms. The van der Waals surface area contributed by atoms with E-state index in [4.69, 9.17) is 4.74 Å². The van der Waals surface area contributed by atoms with Crippen molar-refractivity contribution in [1.29, 1.82) is 0 Å². The molecule has 0 aromatic carbocycles. The van der Waals surface area contributed by atoms with Crippen molar-refractivity contribution in [2.45, 2.75) is 64.2 Å². The van der Waals surface area contributed by atoms with Crippen molar-refractivity contribution in [1.82, 2.24) is 10.3 Å². The number of hydrogen-bond acceptors (Lipinski definition) is 5. The Labute approximate surface area is 125 Å². The van der Waals surface area contributed by atoms with E-state index < -0.39 is 6.10 Å². The van der Waals surface area contributed by atoms with Crippen LogP contribution in [0.5, 0.6) is 0 Å². The lowest BCUT2D eigenvalue weighted by molar-refractivity contribution is 0.00324. The molecule has 1 aliphatic carbocycles. The molecule has 2 N–H and O–H groups in total. The van der Waals surface area contributed by atoms with Crippen LogP contribution < -0.4 is 5.32 Å². The Kier molecular flexibility index (Phi) is 5.55. The number of aliphatic hydroxyl groups is 1. The summed E-state index contributed by atoms with van der Waals surface area (Å²) in [4.78, 5) is 4.66. The van der Waals surface area contributed by atoms with Crippen LogP contribution in [0.1, 0.15) is 50.2 Å². The van der Waals surface area contributed by atoms with Crippen LogP contribution in [0.15, 0.2) is 5.38 Å². The third-order valence-electron chi connectivity index (χ3n) is 3.78. The van der Waals surface area contributed by atoms with Gasteiger partial charge in [0.15, 0.2) is 0 Å². The minimum atomic E-state index is -0.462. The average Bonchev–Trinajstić information content (AvgIpc) is 3.03. The van der Waals surface area contributed by atoms with Crippen LogP contribution in [0.25, 0.3) is 0 Å². The van der Waals surface area contributed by atoms with E-state index in [1.54, 1.807) is 11.3 Å². The molecule has 20 heavy (non-hydrogen) atoms. The molecule has 1 fully saturated rings. The Morgan fingerprint density at radius 2 is 2.15 bits per heavy atom. The molecule has 0 aliphatic heterocycles. The Bertz CT molecular complexity index is 414. The Hall–Kier alpha value is -0.490. The number of hydrogen-bond donors (Lipinski definition) is 2. The molecule has 1 aliphatic rings. The van der Waals surface area contributed by atoms with Crippen LogP contribution in [0, 0.1) is 6.92 Å². The molecule has 5 heteroatoms. The van der Waals surface area contributed by atoms with Crippen LogP contribution in [-0.4, -0.2) is 35.5 Å². The zero-order chi connectivity index (χ0) is 14.6. The van der Waals surface area contributed by atoms with Crippen molar-refractivity contribution in [2.24, 2.45) is 0 Å². The molecule has 1 heterocycles. The van der Waals surface area contributed by atoms with Crippen LogP contribution >= 0.6 is 11.3 Å². The van der Waals surface area contributed by atoms with Crippen molar-refractivity contribution >= 4 is 11.3 Å². The van der Waals surface area contributed by atoms with Gasteiger partial charge in [0.05, 0.1) is 24.4 Å². The van der Waals surface area contributed by atoms with E-state index in [0.29, 0.717) is 13.2 Å².